The van der Waals surface area contributed by atoms with Crippen molar-refractivity contribution in [3.63, 3.8) is 0 Å². The van der Waals surface area contributed by atoms with Crippen molar-refractivity contribution in [2.75, 3.05) is 0 Å². The standard InChI is InChI=1S/C18H14O3S2/c19-14-7-9-15(10-8-14)23-17(18(20)21)13-5-3-12(4-6-13)16-2-1-11-22-16/h1-11,17,19H,(H,20,21). The molecule has 23 heavy (non-hydrogen) atoms. The minimum Gasteiger partial charge on any atom is -0.508 e. The van der Waals surface area contributed by atoms with Crippen molar-refractivity contribution in [1.82, 2.24) is 0 Å². The predicted octanol–water partition coefficient (Wildman–Crippen LogP) is 5.04. The molecule has 3 nitrogen and oxygen atoms in total. The van der Waals surface area contributed by atoms with Gasteiger partial charge in [-0.3, -0.25) is 4.79 Å². The number of phenolic OH excluding ortho intramolecular Hbond substituents is 1. The van der Waals surface area contributed by atoms with Crippen LogP contribution in [0.25, 0.3) is 10.4 Å². The highest BCUT2D eigenvalue weighted by molar-refractivity contribution is 8.00. The average Bonchev–Trinajstić information content (AvgIpc) is 3.09. The molecule has 1 atom stereocenters. The average molecular weight is 342 g/mol. The monoisotopic (exact) mass is 342 g/mol. The lowest BCUT2D eigenvalue weighted by molar-refractivity contribution is -0.136. The second-order valence-electron chi connectivity index (χ2n) is 4.93. The number of aliphatic carboxylic acids is 1. The van der Waals surface area contributed by atoms with Gasteiger partial charge in [0.05, 0.1) is 0 Å². The lowest BCUT2D eigenvalue weighted by Crippen LogP contribution is -2.07. The number of carboxylic acid groups (broad SMARTS) is 1. The number of carbonyl (C=O) groups is 1. The van der Waals surface area contributed by atoms with Crippen molar-refractivity contribution in [3.05, 3.63) is 71.6 Å². The Hall–Kier alpha value is -2.24. The molecule has 2 aromatic carbocycles. The summed E-state index contributed by atoms with van der Waals surface area (Å²) in [5.41, 5.74) is 1.83. The quantitative estimate of drug-likeness (QED) is 0.638. The van der Waals surface area contributed by atoms with Gasteiger partial charge in [0, 0.05) is 9.77 Å². The number of thiophene rings is 1. The Bertz CT molecular complexity index is 778. The number of phenols is 1. The van der Waals surface area contributed by atoms with E-state index in [0.29, 0.717) is 0 Å². The first-order chi connectivity index (χ1) is 11.1. The molecule has 1 unspecified atom stereocenters. The maximum Gasteiger partial charge on any atom is 0.321 e. The van der Waals surface area contributed by atoms with Gasteiger partial charge in [-0.1, -0.05) is 30.3 Å². The Morgan fingerprint density at radius 1 is 1.00 bits per heavy atom. The number of aromatic hydroxyl groups is 1. The zero-order valence-electron chi connectivity index (χ0n) is 12.0. The van der Waals surface area contributed by atoms with Gasteiger partial charge in [-0.05, 0) is 46.8 Å². The molecule has 0 aliphatic carbocycles. The molecular weight excluding hydrogens is 328 g/mol. The van der Waals surface area contributed by atoms with Crippen LogP contribution >= 0.6 is 23.1 Å². The van der Waals surface area contributed by atoms with Crippen LogP contribution in [0.4, 0.5) is 0 Å². The predicted molar refractivity (Wildman–Crippen MR) is 94.1 cm³/mol. The van der Waals surface area contributed by atoms with Crippen LogP contribution in [0, 0.1) is 0 Å². The zero-order valence-corrected chi connectivity index (χ0v) is 13.7. The van der Waals surface area contributed by atoms with Crippen molar-refractivity contribution in [3.8, 4) is 16.2 Å². The molecule has 0 bridgehead atoms. The number of benzene rings is 2. The Labute approximate surface area is 142 Å². The molecule has 3 aromatic rings. The van der Waals surface area contributed by atoms with Gasteiger partial charge in [-0.15, -0.1) is 23.1 Å². The van der Waals surface area contributed by atoms with Crippen LogP contribution in [-0.4, -0.2) is 16.2 Å². The first-order valence-corrected chi connectivity index (χ1v) is 8.72. The number of thioether (sulfide) groups is 1. The zero-order chi connectivity index (χ0) is 16.2. The fraction of sp³-hybridized carbons (Fsp3) is 0.0556. The highest BCUT2D eigenvalue weighted by Crippen LogP contribution is 2.37. The van der Waals surface area contributed by atoms with E-state index in [4.69, 9.17) is 0 Å². The molecule has 0 aliphatic heterocycles. The lowest BCUT2D eigenvalue weighted by Gasteiger charge is -2.13. The van der Waals surface area contributed by atoms with Crippen LogP contribution in [-0.2, 0) is 4.79 Å². The van der Waals surface area contributed by atoms with Gasteiger partial charge in [0.15, 0.2) is 0 Å². The highest BCUT2D eigenvalue weighted by atomic mass is 32.2. The van der Waals surface area contributed by atoms with E-state index in [9.17, 15) is 15.0 Å². The minimum atomic E-state index is -0.882. The third kappa shape index (κ3) is 3.75. The van der Waals surface area contributed by atoms with Gasteiger partial charge in [0.2, 0.25) is 0 Å². The van der Waals surface area contributed by atoms with Crippen LogP contribution in [0.2, 0.25) is 0 Å². The molecule has 0 saturated carbocycles. The van der Waals surface area contributed by atoms with Crippen molar-refractivity contribution in [2.24, 2.45) is 0 Å². The third-order valence-electron chi connectivity index (χ3n) is 3.33. The van der Waals surface area contributed by atoms with E-state index in [-0.39, 0.29) is 5.75 Å². The molecule has 0 saturated heterocycles. The molecule has 0 radical (unpaired) electrons. The van der Waals surface area contributed by atoms with E-state index in [0.717, 1.165) is 20.9 Å². The number of rotatable bonds is 5. The molecular formula is C18H14O3S2. The minimum absolute atomic E-state index is 0.168. The molecule has 0 fully saturated rings. The summed E-state index contributed by atoms with van der Waals surface area (Å²) in [5.74, 6) is -0.714. The van der Waals surface area contributed by atoms with Crippen LogP contribution in [0.1, 0.15) is 10.8 Å². The van der Waals surface area contributed by atoms with Gasteiger partial charge in [0.25, 0.3) is 0 Å². The Kier molecular flexibility index (Phi) is 4.69. The highest BCUT2D eigenvalue weighted by Gasteiger charge is 2.21. The second-order valence-corrected chi connectivity index (χ2v) is 7.06. The van der Waals surface area contributed by atoms with E-state index in [1.165, 1.54) is 11.8 Å². The first-order valence-electron chi connectivity index (χ1n) is 6.96. The third-order valence-corrected chi connectivity index (χ3v) is 5.51. The Balaban J connectivity index is 1.83. The smallest absolute Gasteiger partial charge is 0.321 e. The van der Waals surface area contributed by atoms with Crippen molar-refractivity contribution < 1.29 is 15.0 Å². The fourth-order valence-corrected chi connectivity index (χ4v) is 3.88. The van der Waals surface area contributed by atoms with Gasteiger partial charge < -0.3 is 10.2 Å². The molecule has 2 N–H and O–H groups in total. The number of carboxylic acids is 1. The first kappa shape index (κ1) is 15.6. The van der Waals surface area contributed by atoms with Crippen LogP contribution in [0.5, 0.6) is 5.75 Å². The Morgan fingerprint density at radius 3 is 2.26 bits per heavy atom. The Morgan fingerprint density at radius 2 is 1.70 bits per heavy atom. The molecule has 5 heteroatoms. The van der Waals surface area contributed by atoms with Crippen LogP contribution < -0.4 is 0 Å². The molecule has 0 amide bonds. The van der Waals surface area contributed by atoms with E-state index < -0.39 is 11.2 Å². The number of hydrogen-bond donors (Lipinski definition) is 2. The summed E-state index contributed by atoms with van der Waals surface area (Å²) in [6, 6.07) is 18.2. The molecule has 0 aliphatic rings. The summed E-state index contributed by atoms with van der Waals surface area (Å²) in [5, 5.41) is 20.2. The molecule has 1 heterocycles. The van der Waals surface area contributed by atoms with Crippen molar-refractivity contribution in [2.45, 2.75) is 10.1 Å². The van der Waals surface area contributed by atoms with Crippen LogP contribution in [0.3, 0.4) is 0 Å². The van der Waals surface area contributed by atoms with Gasteiger partial charge in [-0.2, -0.15) is 0 Å². The second kappa shape index (κ2) is 6.89. The maximum atomic E-state index is 11.6. The topological polar surface area (TPSA) is 57.5 Å². The normalized spacial score (nSPS) is 12.0. The van der Waals surface area contributed by atoms with E-state index in [2.05, 4.69) is 0 Å². The van der Waals surface area contributed by atoms with Crippen LogP contribution in [0.15, 0.2) is 70.9 Å². The summed E-state index contributed by atoms with van der Waals surface area (Å²) >= 11 is 2.91. The summed E-state index contributed by atoms with van der Waals surface area (Å²) in [4.78, 5) is 13.6. The van der Waals surface area contributed by atoms with E-state index in [1.54, 1.807) is 35.6 Å². The van der Waals surface area contributed by atoms with Gasteiger partial charge >= 0.3 is 5.97 Å². The summed E-state index contributed by atoms with van der Waals surface area (Å²) in [6.07, 6.45) is 0. The summed E-state index contributed by atoms with van der Waals surface area (Å²) in [6.45, 7) is 0. The van der Waals surface area contributed by atoms with Crippen molar-refractivity contribution in [1.29, 1.82) is 0 Å². The lowest BCUT2D eigenvalue weighted by atomic mass is 10.1. The van der Waals surface area contributed by atoms with E-state index in [1.807, 2.05) is 41.8 Å². The number of hydrogen-bond acceptors (Lipinski definition) is 4. The van der Waals surface area contributed by atoms with Gasteiger partial charge in [0.1, 0.15) is 11.0 Å². The molecule has 1 aromatic heterocycles. The molecule has 0 spiro atoms. The van der Waals surface area contributed by atoms with E-state index >= 15 is 0 Å². The summed E-state index contributed by atoms with van der Waals surface area (Å²) in [7, 11) is 0. The largest absolute Gasteiger partial charge is 0.508 e. The maximum absolute atomic E-state index is 11.6. The molecule has 3 rings (SSSR count). The van der Waals surface area contributed by atoms with Crippen molar-refractivity contribution >= 4 is 29.1 Å². The summed E-state index contributed by atoms with van der Waals surface area (Å²) < 4.78 is 0. The molecule has 116 valence electrons. The fourth-order valence-electron chi connectivity index (χ4n) is 2.19. The SMILES string of the molecule is O=C(O)C(Sc1ccc(O)cc1)c1ccc(-c2cccs2)cc1. The van der Waals surface area contributed by atoms with Gasteiger partial charge in [-0.25, -0.2) is 0 Å².